The number of nitrogens with zero attached hydrogens (tertiary/aromatic N) is 1. The summed E-state index contributed by atoms with van der Waals surface area (Å²) >= 11 is 3.12. The van der Waals surface area contributed by atoms with Crippen molar-refractivity contribution in [1.29, 1.82) is 0 Å². The minimum atomic E-state index is -1.13. The lowest BCUT2D eigenvalue weighted by Crippen LogP contribution is -2.12. The maximum absolute atomic E-state index is 11.0. The van der Waals surface area contributed by atoms with Gasteiger partial charge in [0.25, 0.3) is 0 Å². The van der Waals surface area contributed by atoms with E-state index in [1.54, 1.807) is 12.1 Å². The highest BCUT2D eigenvalue weighted by Crippen LogP contribution is 2.19. The van der Waals surface area contributed by atoms with E-state index in [4.69, 9.17) is 14.6 Å². The Hall–Kier alpha value is -2.08. The van der Waals surface area contributed by atoms with Gasteiger partial charge < -0.3 is 14.6 Å². The molecule has 104 valence electrons. The Labute approximate surface area is 124 Å². The van der Waals surface area contributed by atoms with Crippen LogP contribution in [-0.4, -0.2) is 29.3 Å². The quantitative estimate of drug-likeness (QED) is 0.648. The third-order valence-electron chi connectivity index (χ3n) is 2.38. The van der Waals surface area contributed by atoms with Gasteiger partial charge in [0, 0.05) is 0 Å². The molecule has 20 heavy (non-hydrogen) atoms. The lowest BCUT2D eigenvalue weighted by atomic mass is 10.3. The molecule has 0 bridgehead atoms. The molecule has 0 saturated carbocycles. The van der Waals surface area contributed by atoms with Crippen molar-refractivity contribution < 1.29 is 19.4 Å². The van der Waals surface area contributed by atoms with E-state index < -0.39 is 5.97 Å². The summed E-state index contributed by atoms with van der Waals surface area (Å²) < 4.78 is 11.3. The van der Waals surface area contributed by atoms with Crippen molar-refractivity contribution in [3.8, 4) is 11.5 Å². The fourth-order valence-electron chi connectivity index (χ4n) is 1.52. The van der Waals surface area contributed by atoms with Gasteiger partial charge in [-0.1, -0.05) is 18.2 Å². The summed E-state index contributed by atoms with van der Waals surface area (Å²) in [4.78, 5) is 14.9. The van der Waals surface area contributed by atoms with Crippen LogP contribution in [0.2, 0.25) is 0 Å². The number of carbonyl (C=O) groups is 1. The van der Waals surface area contributed by atoms with Gasteiger partial charge in [0.2, 0.25) is 0 Å². The first-order valence-corrected chi connectivity index (χ1v) is 6.66. The smallest absolute Gasteiger partial charge is 0.358 e. The SMILES string of the molecule is O=C(O)c1nc(Br)ccc1OCCOc1ccccc1. The first-order chi connectivity index (χ1) is 9.66. The molecule has 0 aliphatic carbocycles. The average molecular weight is 338 g/mol. The van der Waals surface area contributed by atoms with Crippen molar-refractivity contribution in [2.45, 2.75) is 0 Å². The third kappa shape index (κ3) is 3.96. The zero-order chi connectivity index (χ0) is 14.4. The number of aromatic nitrogens is 1. The number of para-hydroxylation sites is 1. The molecule has 6 heteroatoms. The number of pyridine rings is 1. The highest BCUT2D eigenvalue weighted by atomic mass is 79.9. The lowest BCUT2D eigenvalue weighted by Gasteiger charge is -2.10. The van der Waals surface area contributed by atoms with Crippen molar-refractivity contribution >= 4 is 21.9 Å². The van der Waals surface area contributed by atoms with Gasteiger partial charge in [-0.15, -0.1) is 0 Å². The van der Waals surface area contributed by atoms with Gasteiger partial charge in [0.05, 0.1) is 0 Å². The summed E-state index contributed by atoms with van der Waals surface area (Å²) in [6.45, 7) is 0.553. The monoisotopic (exact) mass is 337 g/mol. The van der Waals surface area contributed by atoms with Crippen LogP contribution >= 0.6 is 15.9 Å². The lowest BCUT2D eigenvalue weighted by molar-refractivity contribution is 0.0684. The zero-order valence-electron chi connectivity index (χ0n) is 10.5. The number of halogens is 1. The van der Waals surface area contributed by atoms with E-state index in [-0.39, 0.29) is 18.1 Å². The molecular weight excluding hydrogens is 326 g/mol. The van der Waals surface area contributed by atoms with Crippen molar-refractivity contribution in [3.05, 3.63) is 52.8 Å². The molecule has 0 fully saturated rings. The Morgan fingerprint density at radius 1 is 1.10 bits per heavy atom. The van der Waals surface area contributed by atoms with Crippen LogP contribution in [0.3, 0.4) is 0 Å². The van der Waals surface area contributed by atoms with Gasteiger partial charge in [0.1, 0.15) is 23.6 Å². The largest absolute Gasteiger partial charge is 0.490 e. The van der Waals surface area contributed by atoms with E-state index in [1.165, 1.54) is 0 Å². The van der Waals surface area contributed by atoms with E-state index in [9.17, 15) is 4.79 Å². The van der Waals surface area contributed by atoms with Crippen LogP contribution in [0.4, 0.5) is 0 Å². The predicted molar refractivity (Wildman–Crippen MR) is 76.3 cm³/mol. The van der Waals surface area contributed by atoms with Gasteiger partial charge in [-0.25, -0.2) is 9.78 Å². The molecule has 2 aromatic rings. The normalized spacial score (nSPS) is 10.1. The van der Waals surface area contributed by atoms with Crippen molar-refractivity contribution in [3.63, 3.8) is 0 Å². The molecule has 0 unspecified atom stereocenters. The highest BCUT2D eigenvalue weighted by molar-refractivity contribution is 9.10. The summed E-state index contributed by atoms with van der Waals surface area (Å²) in [7, 11) is 0. The Morgan fingerprint density at radius 3 is 2.50 bits per heavy atom. The molecular formula is C14H12BrNO4. The second-order valence-corrected chi connectivity index (χ2v) is 4.61. The first kappa shape index (κ1) is 14.3. The van der Waals surface area contributed by atoms with Crippen LogP contribution in [0.5, 0.6) is 11.5 Å². The Morgan fingerprint density at radius 2 is 1.80 bits per heavy atom. The maximum atomic E-state index is 11.0. The van der Waals surface area contributed by atoms with Gasteiger partial charge in [0.15, 0.2) is 11.4 Å². The number of benzene rings is 1. The number of hydrogen-bond donors (Lipinski definition) is 1. The zero-order valence-corrected chi connectivity index (χ0v) is 12.0. The standard InChI is InChI=1S/C14H12BrNO4/c15-12-7-6-11(13(16-12)14(17)18)20-9-8-19-10-4-2-1-3-5-10/h1-7H,8-9H2,(H,17,18). The average Bonchev–Trinajstić information content (AvgIpc) is 2.45. The van der Waals surface area contributed by atoms with Gasteiger partial charge in [-0.2, -0.15) is 0 Å². The Kier molecular flexibility index (Phi) is 4.95. The number of rotatable bonds is 6. The molecule has 5 nitrogen and oxygen atoms in total. The molecule has 0 saturated heterocycles. The summed E-state index contributed by atoms with van der Waals surface area (Å²) in [6.07, 6.45) is 0. The highest BCUT2D eigenvalue weighted by Gasteiger charge is 2.13. The van der Waals surface area contributed by atoms with Crippen LogP contribution in [0.25, 0.3) is 0 Å². The predicted octanol–water partition coefficient (Wildman–Crippen LogP) is 3.00. The summed E-state index contributed by atoms with van der Waals surface area (Å²) in [5.41, 5.74) is -0.126. The molecule has 1 heterocycles. The van der Waals surface area contributed by atoms with Crippen molar-refractivity contribution in [2.75, 3.05) is 13.2 Å². The second kappa shape index (κ2) is 6.91. The van der Waals surface area contributed by atoms with Crippen LogP contribution in [-0.2, 0) is 0 Å². The maximum Gasteiger partial charge on any atom is 0.358 e. The van der Waals surface area contributed by atoms with Gasteiger partial charge >= 0.3 is 5.97 Å². The number of carboxylic acids is 1. The van der Waals surface area contributed by atoms with E-state index in [2.05, 4.69) is 20.9 Å². The third-order valence-corrected chi connectivity index (χ3v) is 2.82. The van der Waals surface area contributed by atoms with E-state index in [0.717, 1.165) is 5.75 Å². The van der Waals surface area contributed by atoms with Crippen LogP contribution in [0.1, 0.15) is 10.5 Å². The number of hydrogen-bond acceptors (Lipinski definition) is 4. The summed E-state index contributed by atoms with van der Waals surface area (Å²) in [6, 6.07) is 12.5. The molecule has 0 amide bonds. The van der Waals surface area contributed by atoms with E-state index in [1.807, 2.05) is 30.3 Å². The minimum Gasteiger partial charge on any atom is -0.490 e. The topological polar surface area (TPSA) is 68.7 Å². The summed E-state index contributed by atoms with van der Waals surface area (Å²) in [5, 5.41) is 9.03. The molecule has 1 N–H and O–H groups in total. The Balaban J connectivity index is 1.90. The first-order valence-electron chi connectivity index (χ1n) is 5.87. The fraction of sp³-hybridized carbons (Fsp3) is 0.143. The van der Waals surface area contributed by atoms with Gasteiger partial charge in [-0.3, -0.25) is 0 Å². The fourth-order valence-corrected chi connectivity index (χ4v) is 1.83. The van der Waals surface area contributed by atoms with E-state index in [0.29, 0.717) is 11.2 Å². The molecule has 1 aromatic heterocycles. The molecule has 0 aliphatic rings. The van der Waals surface area contributed by atoms with Crippen molar-refractivity contribution in [1.82, 2.24) is 4.98 Å². The van der Waals surface area contributed by atoms with Gasteiger partial charge in [-0.05, 0) is 40.2 Å². The van der Waals surface area contributed by atoms with E-state index >= 15 is 0 Å². The number of aromatic carboxylic acids is 1. The molecule has 0 aliphatic heterocycles. The molecule has 0 radical (unpaired) electrons. The van der Waals surface area contributed by atoms with Crippen LogP contribution in [0, 0.1) is 0 Å². The second-order valence-electron chi connectivity index (χ2n) is 3.80. The van der Waals surface area contributed by atoms with Crippen molar-refractivity contribution in [2.24, 2.45) is 0 Å². The molecule has 0 atom stereocenters. The number of carboxylic acid groups (broad SMARTS) is 1. The summed E-state index contributed by atoms with van der Waals surface area (Å²) in [5.74, 6) is -0.175. The molecule has 1 aromatic carbocycles. The molecule has 2 rings (SSSR count). The van der Waals surface area contributed by atoms with Crippen LogP contribution in [0.15, 0.2) is 47.1 Å². The minimum absolute atomic E-state index is 0.126. The molecule has 0 spiro atoms. The Bertz CT molecular complexity index is 589. The van der Waals surface area contributed by atoms with Crippen LogP contribution < -0.4 is 9.47 Å². The number of ether oxygens (including phenoxy) is 2.